The van der Waals surface area contributed by atoms with Crippen LogP contribution in [0.25, 0.3) is 0 Å². The number of nitrogens with zero attached hydrogens (tertiary/aromatic N) is 2. The first-order chi connectivity index (χ1) is 8.58. The number of nitro benzene ring substituents is 1. The molecule has 0 spiro atoms. The zero-order chi connectivity index (χ0) is 13.5. The number of thiocarbonyl (C=S) groups is 1. The molecular weight excluding hydrogens is 276 g/mol. The molecule has 0 aliphatic carbocycles. The molecule has 0 aromatic heterocycles. The molecule has 6 nitrogen and oxygen atoms in total. The van der Waals surface area contributed by atoms with Gasteiger partial charge in [-0.1, -0.05) is 16.9 Å². The third-order valence-electron chi connectivity index (χ3n) is 2.03. The molecule has 8 heteroatoms. The molecule has 1 N–H and O–H groups in total. The smallest absolute Gasteiger partial charge is 0.269 e. The van der Waals surface area contributed by atoms with E-state index in [2.05, 4.69) is 5.16 Å². The molecule has 0 amide bonds. The number of hydrogen-bond donors (Lipinski definition) is 1. The Bertz CT molecular complexity index is 473. The highest BCUT2D eigenvalue weighted by Gasteiger charge is 2.10. The Morgan fingerprint density at radius 3 is 2.61 bits per heavy atom. The Morgan fingerprint density at radius 1 is 1.56 bits per heavy atom. The summed E-state index contributed by atoms with van der Waals surface area (Å²) in [4.78, 5) is 10.0. The zero-order valence-corrected chi connectivity index (χ0v) is 11.0. The third-order valence-corrected chi connectivity index (χ3v) is 3.37. The van der Waals surface area contributed by atoms with E-state index in [0.717, 1.165) is 0 Å². The van der Waals surface area contributed by atoms with Crippen LogP contribution in [0.4, 0.5) is 5.69 Å². The predicted molar refractivity (Wildman–Crippen MR) is 73.5 cm³/mol. The van der Waals surface area contributed by atoms with E-state index in [9.17, 15) is 10.1 Å². The van der Waals surface area contributed by atoms with Crippen molar-refractivity contribution in [2.24, 2.45) is 5.16 Å². The van der Waals surface area contributed by atoms with Gasteiger partial charge in [-0.2, -0.15) is 0 Å². The van der Waals surface area contributed by atoms with Gasteiger partial charge in [0.15, 0.2) is 0 Å². The molecule has 0 saturated heterocycles. The number of ether oxygens (including phenoxy) is 1. The molecule has 96 valence electrons. The fourth-order valence-electron chi connectivity index (χ4n) is 1.13. The van der Waals surface area contributed by atoms with E-state index in [0.29, 0.717) is 21.4 Å². The molecule has 0 aliphatic rings. The molecule has 1 aromatic rings. The van der Waals surface area contributed by atoms with Crippen LogP contribution in [0.5, 0.6) is 0 Å². The lowest BCUT2D eigenvalue weighted by molar-refractivity contribution is -0.384. The SMILES string of the molecule is COC(=S)SC/C(=N\O)c1ccc([N+](=O)[O-])cc1. The van der Waals surface area contributed by atoms with Crippen LogP contribution >= 0.6 is 24.0 Å². The average Bonchev–Trinajstić information content (AvgIpc) is 2.39. The first-order valence-corrected chi connectivity index (χ1v) is 6.14. The summed E-state index contributed by atoms with van der Waals surface area (Å²) in [6.45, 7) is 0. The van der Waals surface area contributed by atoms with Gasteiger partial charge in [0.2, 0.25) is 4.38 Å². The first-order valence-electron chi connectivity index (χ1n) is 4.75. The monoisotopic (exact) mass is 286 g/mol. The summed E-state index contributed by atoms with van der Waals surface area (Å²) in [5, 5.41) is 22.5. The van der Waals surface area contributed by atoms with Crippen molar-refractivity contribution < 1.29 is 14.9 Å². The van der Waals surface area contributed by atoms with Crippen LogP contribution in [0.15, 0.2) is 29.4 Å². The van der Waals surface area contributed by atoms with Crippen LogP contribution < -0.4 is 0 Å². The van der Waals surface area contributed by atoms with Gasteiger partial charge in [0.1, 0.15) is 0 Å². The van der Waals surface area contributed by atoms with E-state index in [1.165, 1.54) is 43.1 Å². The van der Waals surface area contributed by atoms with Crippen LogP contribution in [-0.4, -0.2) is 33.1 Å². The standard InChI is InChI=1S/C10H10N2O4S2/c1-16-10(17)18-6-9(11-13)7-2-4-8(5-3-7)12(14)15/h2-5,13H,6H2,1H3/b11-9+. The minimum Gasteiger partial charge on any atom is -0.482 e. The van der Waals surface area contributed by atoms with E-state index < -0.39 is 4.92 Å². The molecular formula is C10H10N2O4S2. The number of rotatable bonds is 4. The number of oxime groups is 1. The zero-order valence-electron chi connectivity index (χ0n) is 9.40. The topological polar surface area (TPSA) is 85.0 Å². The van der Waals surface area contributed by atoms with Gasteiger partial charge in [-0.05, 0) is 24.4 Å². The van der Waals surface area contributed by atoms with Crippen LogP contribution in [0.2, 0.25) is 0 Å². The summed E-state index contributed by atoms with van der Waals surface area (Å²) in [5.74, 6) is 0.320. The summed E-state index contributed by atoms with van der Waals surface area (Å²) in [6.07, 6.45) is 0. The number of methoxy groups -OCH3 is 1. The molecule has 0 saturated carbocycles. The molecule has 0 atom stereocenters. The highest BCUT2D eigenvalue weighted by atomic mass is 32.2. The maximum Gasteiger partial charge on any atom is 0.269 e. The van der Waals surface area contributed by atoms with Crippen molar-refractivity contribution in [2.75, 3.05) is 12.9 Å². The van der Waals surface area contributed by atoms with Gasteiger partial charge >= 0.3 is 0 Å². The van der Waals surface area contributed by atoms with Crippen LogP contribution in [0.3, 0.4) is 0 Å². The van der Waals surface area contributed by atoms with Crippen molar-refractivity contribution >= 4 is 39.8 Å². The van der Waals surface area contributed by atoms with Crippen molar-refractivity contribution in [1.82, 2.24) is 0 Å². The molecule has 0 bridgehead atoms. The maximum atomic E-state index is 10.5. The minimum atomic E-state index is -0.492. The number of benzene rings is 1. The van der Waals surface area contributed by atoms with Crippen molar-refractivity contribution in [1.29, 1.82) is 0 Å². The summed E-state index contributed by atoms with van der Waals surface area (Å²) >= 11 is 6.04. The number of hydrogen-bond acceptors (Lipinski definition) is 7. The molecule has 1 rings (SSSR count). The van der Waals surface area contributed by atoms with Crippen LogP contribution in [0, 0.1) is 10.1 Å². The van der Waals surface area contributed by atoms with Gasteiger partial charge in [-0.3, -0.25) is 10.1 Å². The Hall–Kier alpha value is -1.67. The Kier molecular flexibility index (Phi) is 5.53. The lowest BCUT2D eigenvalue weighted by Gasteiger charge is -2.04. The van der Waals surface area contributed by atoms with Gasteiger partial charge in [0.05, 0.1) is 17.7 Å². The van der Waals surface area contributed by atoms with Gasteiger partial charge < -0.3 is 9.94 Å². The summed E-state index contributed by atoms with van der Waals surface area (Å²) in [7, 11) is 1.46. The van der Waals surface area contributed by atoms with Crippen molar-refractivity contribution in [3.8, 4) is 0 Å². The normalized spacial score (nSPS) is 11.1. The first kappa shape index (κ1) is 14.4. The van der Waals surface area contributed by atoms with Crippen molar-refractivity contribution in [3.63, 3.8) is 0 Å². The van der Waals surface area contributed by atoms with Gasteiger partial charge in [-0.15, -0.1) is 0 Å². The summed E-state index contributed by atoms with van der Waals surface area (Å²) in [6, 6.07) is 5.73. The van der Waals surface area contributed by atoms with E-state index in [-0.39, 0.29) is 5.69 Å². The second kappa shape index (κ2) is 6.92. The molecule has 0 aliphatic heterocycles. The Balaban J connectivity index is 2.77. The minimum absolute atomic E-state index is 0.0175. The average molecular weight is 286 g/mol. The summed E-state index contributed by atoms with van der Waals surface area (Å²) in [5.41, 5.74) is 0.944. The van der Waals surface area contributed by atoms with E-state index >= 15 is 0 Å². The number of nitro groups is 1. The maximum absolute atomic E-state index is 10.5. The lowest BCUT2D eigenvalue weighted by Crippen LogP contribution is -2.07. The second-order valence-corrected chi connectivity index (χ2v) is 4.67. The van der Waals surface area contributed by atoms with Crippen LogP contribution in [0.1, 0.15) is 5.56 Å². The highest BCUT2D eigenvalue weighted by molar-refractivity contribution is 8.23. The van der Waals surface area contributed by atoms with E-state index in [1.54, 1.807) is 0 Å². The number of thioether (sulfide) groups is 1. The number of non-ortho nitro benzene ring substituents is 1. The fraction of sp³-hybridized carbons (Fsp3) is 0.200. The lowest BCUT2D eigenvalue weighted by atomic mass is 10.1. The molecule has 1 aromatic carbocycles. The van der Waals surface area contributed by atoms with Crippen molar-refractivity contribution in [3.05, 3.63) is 39.9 Å². The quantitative estimate of drug-likeness (QED) is 0.301. The highest BCUT2D eigenvalue weighted by Crippen LogP contribution is 2.15. The van der Waals surface area contributed by atoms with Crippen molar-refractivity contribution in [2.45, 2.75) is 0 Å². The van der Waals surface area contributed by atoms with Crippen LogP contribution in [-0.2, 0) is 4.74 Å². The second-order valence-electron chi connectivity index (χ2n) is 3.09. The molecule has 0 radical (unpaired) electrons. The van der Waals surface area contributed by atoms with Gasteiger partial charge in [0, 0.05) is 23.4 Å². The predicted octanol–water partition coefficient (Wildman–Crippen LogP) is 2.44. The fourth-order valence-corrected chi connectivity index (χ4v) is 1.91. The molecule has 0 heterocycles. The van der Waals surface area contributed by atoms with E-state index in [4.69, 9.17) is 22.2 Å². The Morgan fingerprint density at radius 2 is 2.17 bits per heavy atom. The molecule has 0 fully saturated rings. The van der Waals surface area contributed by atoms with Gasteiger partial charge in [-0.25, -0.2) is 0 Å². The van der Waals surface area contributed by atoms with E-state index in [1.807, 2.05) is 0 Å². The summed E-state index contributed by atoms with van der Waals surface area (Å²) < 4.78 is 5.13. The third kappa shape index (κ3) is 3.97. The Labute approximate surface area is 113 Å². The molecule has 18 heavy (non-hydrogen) atoms. The largest absolute Gasteiger partial charge is 0.482 e. The van der Waals surface area contributed by atoms with Gasteiger partial charge in [0.25, 0.3) is 5.69 Å². The molecule has 0 unspecified atom stereocenters.